The van der Waals surface area contributed by atoms with Gasteiger partial charge in [0.1, 0.15) is 0 Å². The normalized spacial score (nSPS) is 11.1. The Balaban J connectivity index is 3.87. The van der Waals surface area contributed by atoms with E-state index in [0.717, 1.165) is 6.54 Å². The van der Waals surface area contributed by atoms with E-state index >= 15 is 0 Å². The first-order valence-electron chi connectivity index (χ1n) is 4.24. The van der Waals surface area contributed by atoms with Crippen molar-refractivity contribution in [2.45, 2.75) is 6.92 Å². The van der Waals surface area contributed by atoms with Crippen LogP contribution in [0.15, 0.2) is 12.2 Å². The van der Waals surface area contributed by atoms with E-state index in [1.54, 1.807) is 6.92 Å². The van der Waals surface area contributed by atoms with Crippen molar-refractivity contribution in [2.24, 2.45) is 5.73 Å². The van der Waals surface area contributed by atoms with Crippen molar-refractivity contribution in [1.29, 1.82) is 0 Å². The van der Waals surface area contributed by atoms with Crippen LogP contribution in [0, 0.1) is 0 Å². The van der Waals surface area contributed by atoms with E-state index in [9.17, 15) is 4.79 Å². The lowest BCUT2D eigenvalue weighted by molar-refractivity contribution is -0.905. The molecule has 0 bridgehead atoms. The van der Waals surface area contributed by atoms with E-state index < -0.39 is 0 Å². The molecule has 0 aromatic heterocycles. The van der Waals surface area contributed by atoms with Crippen LogP contribution in [0.3, 0.4) is 0 Å². The second-order valence-corrected chi connectivity index (χ2v) is 3.79. The van der Waals surface area contributed by atoms with Crippen LogP contribution < -0.4 is 5.73 Å². The molecular formula is C9H19N2O2+. The zero-order valence-electron chi connectivity index (χ0n) is 8.67. The molecule has 0 rings (SSSR count). The first-order chi connectivity index (χ1) is 5.89. The number of nitrogens with zero attached hydrogens (tertiary/aromatic N) is 1. The number of quaternary nitrogens is 1. The second kappa shape index (κ2) is 4.99. The quantitative estimate of drug-likeness (QED) is 0.287. The minimum Gasteiger partial charge on any atom is -0.412 e. The summed E-state index contributed by atoms with van der Waals surface area (Å²) in [5.74, 6) is -0.344. The fraction of sp³-hybridized carbons (Fsp3) is 0.667. The summed E-state index contributed by atoms with van der Waals surface area (Å²) in [7, 11) is 3.91. The van der Waals surface area contributed by atoms with Gasteiger partial charge < -0.3 is 10.5 Å². The van der Waals surface area contributed by atoms with E-state index in [4.69, 9.17) is 10.5 Å². The number of likely N-dealkylation sites (N-methyl/N-ethyl adjacent to an activating group) is 1. The number of carbonyl (C=O) groups excluding carboxylic acids is 1. The smallest absolute Gasteiger partial charge is 0.337 e. The standard InChI is InChI=1S/C9H19N2O2/c1-8(2)9(12)13-7-11(3,4)6-5-10/h1,5-7,10H2,2-4H3/q+1. The summed E-state index contributed by atoms with van der Waals surface area (Å²) in [6.07, 6.45) is 0. The Labute approximate surface area is 79.6 Å². The molecular weight excluding hydrogens is 168 g/mol. The van der Waals surface area contributed by atoms with Gasteiger partial charge in [0.2, 0.25) is 6.73 Å². The van der Waals surface area contributed by atoms with Crippen LogP contribution in [0.1, 0.15) is 6.92 Å². The molecule has 0 aliphatic rings. The van der Waals surface area contributed by atoms with E-state index in [-0.39, 0.29) is 5.97 Å². The monoisotopic (exact) mass is 187 g/mol. The highest BCUT2D eigenvalue weighted by atomic mass is 16.5. The maximum atomic E-state index is 11.0. The van der Waals surface area contributed by atoms with Gasteiger partial charge in [-0.15, -0.1) is 0 Å². The summed E-state index contributed by atoms with van der Waals surface area (Å²) in [6, 6.07) is 0. The minimum absolute atomic E-state index is 0.336. The van der Waals surface area contributed by atoms with Crippen molar-refractivity contribution in [2.75, 3.05) is 33.9 Å². The molecule has 0 fully saturated rings. The van der Waals surface area contributed by atoms with E-state index in [0.29, 0.717) is 23.3 Å². The molecule has 0 saturated heterocycles. The zero-order valence-corrected chi connectivity index (χ0v) is 8.67. The Morgan fingerprint density at radius 3 is 2.46 bits per heavy atom. The lowest BCUT2D eigenvalue weighted by Gasteiger charge is -2.27. The Morgan fingerprint density at radius 1 is 1.54 bits per heavy atom. The fourth-order valence-corrected chi connectivity index (χ4v) is 0.771. The third-order valence-corrected chi connectivity index (χ3v) is 1.63. The largest absolute Gasteiger partial charge is 0.412 e. The lowest BCUT2D eigenvalue weighted by Crippen LogP contribution is -2.45. The maximum Gasteiger partial charge on any atom is 0.337 e. The molecule has 4 heteroatoms. The van der Waals surface area contributed by atoms with Gasteiger partial charge in [0, 0.05) is 12.1 Å². The highest BCUT2D eigenvalue weighted by molar-refractivity contribution is 5.86. The number of ether oxygens (including phenoxy) is 1. The van der Waals surface area contributed by atoms with Gasteiger partial charge in [-0.25, -0.2) is 4.79 Å². The van der Waals surface area contributed by atoms with E-state index in [1.807, 2.05) is 14.1 Å². The van der Waals surface area contributed by atoms with E-state index in [2.05, 4.69) is 6.58 Å². The number of nitrogens with two attached hydrogens (primary N) is 1. The predicted molar refractivity (Wildman–Crippen MR) is 51.8 cm³/mol. The van der Waals surface area contributed by atoms with Crippen molar-refractivity contribution < 1.29 is 14.0 Å². The van der Waals surface area contributed by atoms with E-state index in [1.165, 1.54) is 0 Å². The highest BCUT2D eigenvalue weighted by Crippen LogP contribution is 1.99. The molecule has 13 heavy (non-hydrogen) atoms. The summed E-state index contributed by atoms with van der Waals surface area (Å²) in [6.45, 7) is 6.82. The van der Waals surface area contributed by atoms with Gasteiger partial charge in [-0.2, -0.15) is 0 Å². The van der Waals surface area contributed by atoms with Crippen LogP contribution in [0.2, 0.25) is 0 Å². The summed E-state index contributed by atoms with van der Waals surface area (Å²) in [4.78, 5) is 11.0. The van der Waals surface area contributed by atoms with Crippen molar-refractivity contribution in [3.63, 3.8) is 0 Å². The topological polar surface area (TPSA) is 52.3 Å². The van der Waals surface area contributed by atoms with Gasteiger partial charge in [0.05, 0.1) is 20.6 Å². The maximum absolute atomic E-state index is 11.0. The zero-order chi connectivity index (χ0) is 10.5. The molecule has 76 valence electrons. The summed E-state index contributed by atoms with van der Waals surface area (Å²) < 4.78 is 5.58. The van der Waals surface area contributed by atoms with Crippen LogP contribution in [0.4, 0.5) is 0 Å². The van der Waals surface area contributed by atoms with Crippen LogP contribution in [0.25, 0.3) is 0 Å². The third kappa shape index (κ3) is 5.38. The number of esters is 1. The van der Waals surface area contributed by atoms with Gasteiger partial charge in [0.15, 0.2) is 0 Å². The summed E-state index contributed by atoms with van der Waals surface area (Å²) in [5.41, 5.74) is 5.83. The Hall–Kier alpha value is -0.870. The molecule has 2 N–H and O–H groups in total. The van der Waals surface area contributed by atoms with Crippen LogP contribution >= 0.6 is 0 Å². The molecule has 0 unspecified atom stereocenters. The molecule has 0 heterocycles. The molecule has 0 spiro atoms. The van der Waals surface area contributed by atoms with Gasteiger partial charge >= 0.3 is 5.97 Å². The van der Waals surface area contributed by atoms with Crippen LogP contribution in [-0.2, 0) is 9.53 Å². The first-order valence-corrected chi connectivity index (χ1v) is 4.24. The average Bonchev–Trinajstić information content (AvgIpc) is 2.00. The van der Waals surface area contributed by atoms with Crippen LogP contribution in [-0.4, -0.2) is 44.4 Å². The molecule has 0 saturated carbocycles. The molecule has 0 aromatic carbocycles. The average molecular weight is 187 g/mol. The fourth-order valence-electron chi connectivity index (χ4n) is 0.771. The molecule has 0 aliphatic heterocycles. The van der Waals surface area contributed by atoms with Gasteiger partial charge in [0.25, 0.3) is 0 Å². The molecule has 0 aliphatic carbocycles. The van der Waals surface area contributed by atoms with Crippen molar-refractivity contribution in [1.82, 2.24) is 0 Å². The Morgan fingerprint density at radius 2 is 2.08 bits per heavy atom. The van der Waals surface area contributed by atoms with Gasteiger partial charge in [-0.05, 0) is 6.92 Å². The predicted octanol–water partition coefficient (Wildman–Crippen LogP) is 0.0983. The van der Waals surface area contributed by atoms with Crippen molar-refractivity contribution in [3.8, 4) is 0 Å². The number of hydrogen-bond acceptors (Lipinski definition) is 3. The number of hydrogen-bond donors (Lipinski definition) is 1. The molecule has 0 atom stereocenters. The van der Waals surface area contributed by atoms with Crippen molar-refractivity contribution >= 4 is 5.97 Å². The molecule has 0 amide bonds. The Kier molecular flexibility index (Phi) is 4.66. The minimum atomic E-state index is -0.344. The summed E-state index contributed by atoms with van der Waals surface area (Å²) >= 11 is 0. The molecule has 0 radical (unpaired) electrons. The van der Waals surface area contributed by atoms with Crippen LogP contribution in [0.5, 0.6) is 0 Å². The SMILES string of the molecule is C=C(C)C(=O)OC[N+](C)(C)CCN. The number of carbonyl (C=O) groups is 1. The third-order valence-electron chi connectivity index (χ3n) is 1.63. The lowest BCUT2D eigenvalue weighted by atomic mass is 10.4. The van der Waals surface area contributed by atoms with Crippen molar-refractivity contribution in [3.05, 3.63) is 12.2 Å². The first kappa shape index (κ1) is 12.1. The van der Waals surface area contributed by atoms with Gasteiger partial charge in [-0.1, -0.05) is 6.58 Å². The Bertz CT molecular complexity index is 200. The molecule has 4 nitrogen and oxygen atoms in total. The summed E-state index contributed by atoms with van der Waals surface area (Å²) in [5, 5.41) is 0. The number of rotatable bonds is 5. The second-order valence-electron chi connectivity index (χ2n) is 3.79. The highest BCUT2D eigenvalue weighted by Gasteiger charge is 2.16. The van der Waals surface area contributed by atoms with Gasteiger partial charge in [-0.3, -0.25) is 4.48 Å². The molecule has 0 aromatic rings.